The van der Waals surface area contributed by atoms with Crippen molar-refractivity contribution in [2.75, 3.05) is 13.2 Å². The minimum atomic E-state index is -0.747. The molecule has 0 aromatic rings. The van der Waals surface area contributed by atoms with Gasteiger partial charge in [-0.2, -0.15) is 5.26 Å². The summed E-state index contributed by atoms with van der Waals surface area (Å²) < 4.78 is 5.46. The Hall–Kier alpha value is -1.08. The number of carbonyl (C=O) groups is 1. The lowest BCUT2D eigenvalue weighted by Crippen LogP contribution is -2.41. The Kier molecular flexibility index (Phi) is 3.68. The summed E-state index contributed by atoms with van der Waals surface area (Å²) in [6.45, 7) is 3.47. The summed E-state index contributed by atoms with van der Waals surface area (Å²) in [5.41, 5.74) is -0.747. The highest BCUT2D eigenvalue weighted by Gasteiger charge is 2.41. The van der Waals surface area contributed by atoms with Gasteiger partial charge in [0, 0.05) is 19.1 Å². The van der Waals surface area contributed by atoms with Crippen molar-refractivity contribution < 1.29 is 9.53 Å². The first kappa shape index (κ1) is 12.4. The maximum Gasteiger partial charge on any atom is 0.240 e. The largest absolute Gasteiger partial charge is 0.378 e. The van der Waals surface area contributed by atoms with Crippen molar-refractivity contribution in [2.45, 2.75) is 45.1 Å². The molecule has 17 heavy (non-hydrogen) atoms. The highest BCUT2D eigenvalue weighted by molar-refractivity contribution is 5.85. The number of hydrogen-bond acceptors (Lipinski definition) is 3. The molecule has 4 nitrogen and oxygen atoms in total. The van der Waals surface area contributed by atoms with Crippen LogP contribution in [0.15, 0.2) is 0 Å². The van der Waals surface area contributed by atoms with E-state index in [4.69, 9.17) is 4.74 Å². The van der Waals surface area contributed by atoms with Gasteiger partial charge in [-0.1, -0.05) is 12.8 Å². The lowest BCUT2D eigenvalue weighted by atomic mass is 9.87. The van der Waals surface area contributed by atoms with E-state index in [1.165, 1.54) is 0 Å². The molecule has 1 heterocycles. The molecule has 4 heteroatoms. The lowest BCUT2D eigenvalue weighted by Gasteiger charge is -2.21. The molecule has 1 amide bonds. The van der Waals surface area contributed by atoms with E-state index in [2.05, 4.69) is 11.4 Å². The second kappa shape index (κ2) is 5.05. The van der Waals surface area contributed by atoms with Gasteiger partial charge in [-0.3, -0.25) is 4.79 Å². The van der Waals surface area contributed by atoms with Gasteiger partial charge in [0.05, 0.1) is 12.2 Å². The van der Waals surface area contributed by atoms with E-state index in [0.29, 0.717) is 25.3 Å². The highest BCUT2D eigenvalue weighted by Crippen LogP contribution is 2.37. The number of nitrogens with zero attached hydrogens (tertiary/aromatic N) is 1. The maximum atomic E-state index is 12.1. The average Bonchev–Trinajstić information content (AvgIpc) is 2.95. The Bertz CT molecular complexity index is 329. The van der Waals surface area contributed by atoms with Crippen molar-refractivity contribution in [3.8, 4) is 6.07 Å². The molecule has 0 spiro atoms. The van der Waals surface area contributed by atoms with Crippen LogP contribution in [0.2, 0.25) is 0 Å². The van der Waals surface area contributed by atoms with Gasteiger partial charge in [0.2, 0.25) is 5.91 Å². The molecule has 0 aromatic carbocycles. The summed E-state index contributed by atoms with van der Waals surface area (Å²) in [5, 5.41) is 12.1. The zero-order valence-corrected chi connectivity index (χ0v) is 10.4. The van der Waals surface area contributed by atoms with Gasteiger partial charge in [-0.05, 0) is 26.2 Å². The van der Waals surface area contributed by atoms with Crippen LogP contribution in [0, 0.1) is 22.7 Å². The van der Waals surface area contributed by atoms with Crippen LogP contribution in [-0.2, 0) is 9.53 Å². The van der Waals surface area contributed by atoms with Crippen LogP contribution < -0.4 is 5.32 Å². The summed E-state index contributed by atoms with van der Waals surface area (Å²) in [7, 11) is 0. The smallest absolute Gasteiger partial charge is 0.240 e. The van der Waals surface area contributed by atoms with E-state index < -0.39 is 5.41 Å². The predicted molar refractivity (Wildman–Crippen MR) is 63.0 cm³/mol. The Morgan fingerprint density at radius 2 is 2.24 bits per heavy atom. The number of carbonyl (C=O) groups excluding carboxylic acids is 1. The van der Waals surface area contributed by atoms with Crippen LogP contribution in [0.25, 0.3) is 0 Å². The first-order valence-corrected chi connectivity index (χ1v) is 6.49. The van der Waals surface area contributed by atoms with E-state index in [9.17, 15) is 10.1 Å². The topological polar surface area (TPSA) is 62.1 Å². The van der Waals surface area contributed by atoms with E-state index in [1.54, 1.807) is 0 Å². The fraction of sp³-hybridized carbons (Fsp3) is 0.846. The van der Waals surface area contributed by atoms with E-state index in [0.717, 1.165) is 25.9 Å². The van der Waals surface area contributed by atoms with Crippen LogP contribution >= 0.6 is 0 Å². The van der Waals surface area contributed by atoms with Gasteiger partial charge in [0.1, 0.15) is 5.41 Å². The van der Waals surface area contributed by atoms with Crippen LogP contribution in [-0.4, -0.2) is 25.2 Å². The molecule has 2 atom stereocenters. The number of nitrogens with one attached hydrogen (secondary N) is 1. The summed E-state index contributed by atoms with van der Waals surface area (Å²) in [6, 6.07) is 2.22. The Morgan fingerprint density at radius 1 is 1.53 bits per heavy atom. The molecule has 0 aromatic heterocycles. The maximum absolute atomic E-state index is 12.1. The van der Waals surface area contributed by atoms with Gasteiger partial charge in [0.25, 0.3) is 0 Å². The predicted octanol–water partition coefficient (Wildman–Crippen LogP) is 1.61. The molecule has 2 aliphatic rings. The molecule has 0 bridgehead atoms. The van der Waals surface area contributed by atoms with Crippen molar-refractivity contribution in [1.29, 1.82) is 5.26 Å². The van der Waals surface area contributed by atoms with Crippen molar-refractivity contribution >= 4 is 5.91 Å². The fourth-order valence-electron chi connectivity index (χ4n) is 2.81. The molecule has 2 fully saturated rings. The Balaban J connectivity index is 1.86. The summed E-state index contributed by atoms with van der Waals surface area (Å²) in [6.07, 6.45) is 4.63. The highest BCUT2D eigenvalue weighted by atomic mass is 16.5. The standard InChI is InChI=1S/C13H20N2O2/c1-10-11(4-7-17-10)8-15-12(16)13(9-14)5-2-3-6-13/h10-11H,2-8H2,1H3,(H,15,16). The monoisotopic (exact) mass is 236 g/mol. The SMILES string of the molecule is CC1OCCC1CNC(=O)C1(C#N)CCCC1. The van der Waals surface area contributed by atoms with Gasteiger partial charge >= 0.3 is 0 Å². The quantitative estimate of drug-likeness (QED) is 0.809. The second-order valence-electron chi connectivity index (χ2n) is 5.24. The van der Waals surface area contributed by atoms with E-state index in [-0.39, 0.29) is 12.0 Å². The van der Waals surface area contributed by atoms with Gasteiger partial charge in [-0.25, -0.2) is 0 Å². The number of rotatable bonds is 3. The Morgan fingerprint density at radius 3 is 2.76 bits per heavy atom. The van der Waals surface area contributed by atoms with Crippen LogP contribution in [0.4, 0.5) is 0 Å². The number of hydrogen-bond donors (Lipinski definition) is 1. The zero-order valence-electron chi connectivity index (χ0n) is 10.4. The molecule has 1 N–H and O–H groups in total. The molecule has 94 valence electrons. The van der Waals surface area contributed by atoms with Crippen LogP contribution in [0.5, 0.6) is 0 Å². The first-order valence-electron chi connectivity index (χ1n) is 6.49. The van der Waals surface area contributed by atoms with Crippen LogP contribution in [0.3, 0.4) is 0 Å². The third-order valence-electron chi connectivity index (χ3n) is 4.16. The first-order chi connectivity index (χ1) is 8.18. The number of amides is 1. The normalized spacial score (nSPS) is 31.1. The number of nitriles is 1. The Labute approximate surface area is 102 Å². The number of ether oxygens (including phenoxy) is 1. The van der Waals surface area contributed by atoms with E-state index in [1.807, 2.05) is 6.92 Å². The molecule has 2 rings (SSSR count). The minimum absolute atomic E-state index is 0.0726. The van der Waals surface area contributed by atoms with Crippen LogP contribution in [0.1, 0.15) is 39.0 Å². The van der Waals surface area contributed by atoms with Gasteiger partial charge in [-0.15, -0.1) is 0 Å². The van der Waals surface area contributed by atoms with Gasteiger partial charge < -0.3 is 10.1 Å². The molecule has 0 radical (unpaired) electrons. The van der Waals surface area contributed by atoms with Crippen molar-refractivity contribution in [3.63, 3.8) is 0 Å². The summed E-state index contributed by atoms with van der Waals surface area (Å²) in [5.74, 6) is 0.327. The molecular formula is C13H20N2O2. The van der Waals surface area contributed by atoms with Crippen molar-refractivity contribution in [1.82, 2.24) is 5.32 Å². The third-order valence-corrected chi connectivity index (χ3v) is 4.16. The average molecular weight is 236 g/mol. The minimum Gasteiger partial charge on any atom is -0.378 e. The van der Waals surface area contributed by atoms with Gasteiger partial charge in [0.15, 0.2) is 0 Å². The summed E-state index contributed by atoms with van der Waals surface area (Å²) >= 11 is 0. The zero-order chi connectivity index (χ0) is 12.3. The van der Waals surface area contributed by atoms with Crippen molar-refractivity contribution in [2.24, 2.45) is 11.3 Å². The fourth-order valence-corrected chi connectivity index (χ4v) is 2.81. The molecule has 2 unspecified atom stereocenters. The lowest BCUT2D eigenvalue weighted by molar-refractivity contribution is -0.128. The third kappa shape index (κ3) is 2.44. The molecule has 1 saturated carbocycles. The molecule has 1 saturated heterocycles. The van der Waals surface area contributed by atoms with Crippen molar-refractivity contribution in [3.05, 3.63) is 0 Å². The molecule has 1 aliphatic carbocycles. The summed E-state index contributed by atoms with van der Waals surface area (Å²) in [4.78, 5) is 12.1. The second-order valence-corrected chi connectivity index (χ2v) is 5.24. The van der Waals surface area contributed by atoms with E-state index >= 15 is 0 Å². The molecule has 1 aliphatic heterocycles. The molecular weight excluding hydrogens is 216 g/mol.